The maximum absolute atomic E-state index is 15.1. The van der Waals surface area contributed by atoms with Gasteiger partial charge in [0.15, 0.2) is 0 Å². The third kappa shape index (κ3) is 5.73. The number of aryl methyl sites for hydroxylation is 1. The number of nitrogens with one attached hydrogen (secondary N) is 3. The number of H-pyrrole nitrogens is 1. The van der Waals surface area contributed by atoms with Gasteiger partial charge >= 0.3 is 0 Å². The van der Waals surface area contributed by atoms with E-state index >= 15 is 4.39 Å². The molecule has 5 rings (SSSR count). The number of carbonyl (C=O) groups excluding carboxylic acids is 2. The van der Waals surface area contributed by atoms with Gasteiger partial charge in [0, 0.05) is 36.5 Å². The van der Waals surface area contributed by atoms with E-state index in [1.165, 1.54) is 35.1 Å². The predicted molar refractivity (Wildman–Crippen MR) is 150 cm³/mol. The van der Waals surface area contributed by atoms with Crippen LogP contribution in [0, 0.1) is 5.82 Å². The molecule has 1 atom stereocenters. The highest BCUT2D eigenvalue weighted by molar-refractivity contribution is 6.01. The molecule has 5 aromatic rings. The summed E-state index contributed by atoms with van der Waals surface area (Å²) >= 11 is 0. The number of pyridine rings is 1. The lowest BCUT2D eigenvalue weighted by atomic mass is 9.84. The molecule has 0 spiro atoms. The summed E-state index contributed by atoms with van der Waals surface area (Å²) in [5.74, 6) is -2.20. The molecular weight excluding hydrogens is 509 g/mol. The quantitative estimate of drug-likeness (QED) is 0.272. The second-order valence-corrected chi connectivity index (χ2v) is 9.20. The van der Waals surface area contributed by atoms with Gasteiger partial charge in [0.05, 0.1) is 5.69 Å². The summed E-state index contributed by atoms with van der Waals surface area (Å²) in [6, 6.07) is 27.9. The van der Waals surface area contributed by atoms with Crippen LogP contribution in [0.1, 0.15) is 27.5 Å². The molecule has 2 heterocycles. The minimum atomic E-state index is -1.07. The average molecular weight is 536 g/mol. The molecule has 3 N–H and O–H groups in total. The molecule has 0 aliphatic heterocycles. The highest BCUT2D eigenvalue weighted by Crippen LogP contribution is 2.30. The number of aromatic nitrogens is 3. The molecule has 3 aromatic carbocycles. The van der Waals surface area contributed by atoms with Crippen LogP contribution in [0.4, 0.5) is 10.1 Å². The van der Waals surface area contributed by atoms with Crippen molar-refractivity contribution in [1.29, 1.82) is 0 Å². The Hall–Kier alpha value is -5.31. The van der Waals surface area contributed by atoms with Crippen molar-refractivity contribution in [2.24, 2.45) is 7.05 Å². The van der Waals surface area contributed by atoms with Crippen LogP contribution in [0.3, 0.4) is 0 Å². The fraction of sp³-hybridized carbons (Fsp3) is 0.0968. The summed E-state index contributed by atoms with van der Waals surface area (Å²) < 4.78 is 16.5. The van der Waals surface area contributed by atoms with E-state index in [0.717, 1.165) is 11.1 Å². The molecule has 0 saturated carbocycles. The van der Waals surface area contributed by atoms with E-state index in [2.05, 4.69) is 20.7 Å². The topological polar surface area (TPSA) is 109 Å². The zero-order valence-electron chi connectivity index (χ0n) is 21.5. The van der Waals surface area contributed by atoms with Crippen molar-refractivity contribution in [3.05, 3.63) is 142 Å². The van der Waals surface area contributed by atoms with Gasteiger partial charge in [-0.1, -0.05) is 66.7 Å². The second kappa shape index (κ2) is 11.6. The van der Waals surface area contributed by atoms with Crippen LogP contribution in [0.2, 0.25) is 0 Å². The number of halogens is 1. The lowest BCUT2D eigenvalue weighted by Crippen LogP contribution is -2.48. The minimum absolute atomic E-state index is 0.184. The van der Waals surface area contributed by atoms with Gasteiger partial charge in [0.25, 0.3) is 5.91 Å². The van der Waals surface area contributed by atoms with Crippen LogP contribution in [-0.2, 0) is 11.8 Å². The molecule has 2 aromatic heterocycles. The molecule has 0 saturated heterocycles. The van der Waals surface area contributed by atoms with E-state index in [-0.39, 0.29) is 22.5 Å². The van der Waals surface area contributed by atoms with Crippen molar-refractivity contribution in [2.75, 3.05) is 5.32 Å². The fourth-order valence-corrected chi connectivity index (χ4v) is 4.65. The molecule has 0 aliphatic rings. The normalized spacial score (nSPS) is 11.7. The van der Waals surface area contributed by atoms with E-state index < -0.39 is 29.6 Å². The third-order valence-corrected chi connectivity index (χ3v) is 6.57. The number of carbonyl (C=O) groups is 2. The lowest BCUT2D eigenvalue weighted by Gasteiger charge is -2.28. The maximum Gasteiger partial charge on any atom is 0.270 e. The molecule has 40 heavy (non-hydrogen) atoms. The van der Waals surface area contributed by atoms with Gasteiger partial charge < -0.3 is 15.6 Å². The van der Waals surface area contributed by atoms with Gasteiger partial charge in [-0.15, -0.1) is 0 Å². The monoisotopic (exact) mass is 535 g/mol. The Bertz CT molecular complexity index is 1660. The largest absolute Gasteiger partial charge is 0.338 e. The standard InChI is InChI=1S/C31H26FN5O3/c1-37-26(17-18-33-37)30(39)36-29(28(20-9-4-2-5-10-20)21-11-6-3-7-12-21)31(40)34-22-15-16-23(24(32)19-22)25-13-8-14-27(38)35-25/h2-19,28-29H,1H3,(H,34,40)(H,35,38)(H,36,39). The van der Waals surface area contributed by atoms with E-state index in [9.17, 15) is 14.4 Å². The van der Waals surface area contributed by atoms with Crippen molar-refractivity contribution < 1.29 is 14.0 Å². The highest BCUT2D eigenvalue weighted by atomic mass is 19.1. The van der Waals surface area contributed by atoms with Crippen molar-refractivity contribution in [1.82, 2.24) is 20.1 Å². The van der Waals surface area contributed by atoms with E-state index in [1.54, 1.807) is 25.2 Å². The molecule has 0 radical (unpaired) electrons. The molecular formula is C31H26FN5O3. The summed E-state index contributed by atoms with van der Waals surface area (Å²) in [5, 5.41) is 9.72. The highest BCUT2D eigenvalue weighted by Gasteiger charge is 2.33. The number of aromatic amines is 1. The Labute approximate surface area is 229 Å². The van der Waals surface area contributed by atoms with E-state index in [4.69, 9.17) is 0 Å². The molecule has 9 heteroatoms. The Morgan fingerprint density at radius 2 is 1.55 bits per heavy atom. The Morgan fingerprint density at radius 1 is 0.875 bits per heavy atom. The number of nitrogens with zero attached hydrogens (tertiary/aromatic N) is 2. The van der Waals surface area contributed by atoms with Crippen LogP contribution >= 0.6 is 0 Å². The third-order valence-electron chi connectivity index (χ3n) is 6.57. The Morgan fingerprint density at radius 3 is 2.12 bits per heavy atom. The van der Waals surface area contributed by atoms with Crippen LogP contribution < -0.4 is 16.2 Å². The number of anilines is 1. The zero-order valence-corrected chi connectivity index (χ0v) is 21.5. The smallest absolute Gasteiger partial charge is 0.270 e. The minimum Gasteiger partial charge on any atom is -0.338 e. The molecule has 0 aliphatic carbocycles. The van der Waals surface area contributed by atoms with Crippen LogP contribution in [0.25, 0.3) is 11.3 Å². The van der Waals surface area contributed by atoms with Crippen molar-refractivity contribution in [3.63, 3.8) is 0 Å². The Kier molecular flexibility index (Phi) is 7.63. The fourth-order valence-electron chi connectivity index (χ4n) is 4.65. The zero-order chi connectivity index (χ0) is 28.1. The molecule has 0 bridgehead atoms. The van der Waals surface area contributed by atoms with Crippen LogP contribution in [0.15, 0.2) is 114 Å². The second-order valence-electron chi connectivity index (χ2n) is 9.20. The average Bonchev–Trinajstić information content (AvgIpc) is 3.40. The van der Waals surface area contributed by atoms with Crippen LogP contribution in [-0.4, -0.2) is 32.6 Å². The summed E-state index contributed by atoms with van der Waals surface area (Å²) in [4.78, 5) is 41.5. The SMILES string of the molecule is Cn1nccc1C(=O)NC(C(=O)Nc1ccc(-c2cccc(=O)[nH]2)c(F)c1)C(c1ccccc1)c1ccccc1. The first-order chi connectivity index (χ1) is 19.4. The van der Waals surface area contributed by atoms with Crippen molar-refractivity contribution >= 4 is 17.5 Å². The number of rotatable bonds is 8. The van der Waals surface area contributed by atoms with Gasteiger partial charge in [0.2, 0.25) is 11.5 Å². The molecule has 2 amide bonds. The lowest BCUT2D eigenvalue weighted by molar-refractivity contribution is -0.118. The first-order valence-electron chi connectivity index (χ1n) is 12.6. The van der Waals surface area contributed by atoms with E-state index in [1.807, 2.05) is 60.7 Å². The van der Waals surface area contributed by atoms with Crippen LogP contribution in [0.5, 0.6) is 0 Å². The maximum atomic E-state index is 15.1. The van der Waals surface area contributed by atoms with E-state index in [0.29, 0.717) is 5.69 Å². The van der Waals surface area contributed by atoms with Gasteiger partial charge in [0.1, 0.15) is 17.6 Å². The molecule has 200 valence electrons. The van der Waals surface area contributed by atoms with Gasteiger partial charge in [-0.25, -0.2) is 4.39 Å². The summed E-state index contributed by atoms with van der Waals surface area (Å²) in [7, 11) is 1.64. The van der Waals surface area contributed by atoms with Crippen molar-refractivity contribution in [3.8, 4) is 11.3 Å². The summed E-state index contributed by atoms with van der Waals surface area (Å²) in [6.07, 6.45) is 1.50. The number of benzene rings is 3. The first kappa shape index (κ1) is 26.3. The number of amides is 2. The van der Waals surface area contributed by atoms with Gasteiger partial charge in [-0.2, -0.15) is 5.10 Å². The van der Waals surface area contributed by atoms with Gasteiger partial charge in [-0.05, 0) is 41.5 Å². The van der Waals surface area contributed by atoms with Gasteiger partial charge in [-0.3, -0.25) is 19.1 Å². The van der Waals surface area contributed by atoms with Crippen molar-refractivity contribution in [2.45, 2.75) is 12.0 Å². The summed E-state index contributed by atoms with van der Waals surface area (Å²) in [5.41, 5.74) is 2.26. The molecule has 8 nitrogen and oxygen atoms in total. The first-order valence-corrected chi connectivity index (χ1v) is 12.6. The summed E-state index contributed by atoms with van der Waals surface area (Å²) in [6.45, 7) is 0. The number of hydrogen-bond donors (Lipinski definition) is 3. The Balaban J connectivity index is 1.51. The number of hydrogen-bond acceptors (Lipinski definition) is 4. The predicted octanol–water partition coefficient (Wildman–Crippen LogP) is 4.48. The molecule has 1 unspecified atom stereocenters. The molecule has 0 fully saturated rings.